The van der Waals surface area contributed by atoms with E-state index in [1.807, 2.05) is 27.7 Å². The molecule has 0 radical (unpaired) electrons. The lowest BCUT2D eigenvalue weighted by Gasteiger charge is -2.27. The molecular formula is C18H28N4O4. The Bertz CT molecular complexity index is 611. The number of hydrogen-bond acceptors (Lipinski definition) is 7. The maximum atomic E-state index is 12.3. The monoisotopic (exact) mass is 364 g/mol. The van der Waals surface area contributed by atoms with Crippen molar-refractivity contribution >= 4 is 11.9 Å². The molecule has 0 N–H and O–H groups in total. The lowest BCUT2D eigenvalue weighted by atomic mass is 10.2. The maximum absolute atomic E-state index is 12.3. The van der Waals surface area contributed by atoms with Gasteiger partial charge in [-0.1, -0.05) is 0 Å². The first kappa shape index (κ1) is 18.7. The summed E-state index contributed by atoms with van der Waals surface area (Å²) in [6.07, 6.45) is 3.70. The molecule has 0 spiro atoms. The van der Waals surface area contributed by atoms with Crippen molar-refractivity contribution in [1.82, 2.24) is 14.9 Å². The van der Waals surface area contributed by atoms with E-state index in [2.05, 4.69) is 14.9 Å². The summed E-state index contributed by atoms with van der Waals surface area (Å²) in [4.78, 5) is 25.0. The molecule has 2 fully saturated rings. The molecule has 0 unspecified atom stereocenters. The topological polar surface area (TPSA) is 77.0 Å². The van der Waals surface area contributed by atoms with Gasteiger partial charge < -0.3 is 24.0 Å². The molecule has 0 aromatic carbocycles. The van der Waals surface area contributed by atoms with Crippen LogP contribution >= 0.6 is 0 Å². The number of ether oxygens (including phenoxy) is 3. The number of likely N-dealkylation sites (tertiary alicyclic amines) is 1. The summed E-state index contributed by atoms with van der Waals surface area (Å²) < 4.78 is 16.7. The van der Waals surface area contributed by atoms with Crippen molar-refractivity contribution < 1.29 is 19.0 Å². The molecule has 26 heavy (non-hydrogen) atoms. The van der Waals surface area contributed by atoms with Crippen LogP contribution in [-0.2, 0) is 9.47 Å². The van der Waals surface area contributed by atoms with Crippen LogP contribution in [0.1, 0.15) is 34.1 Å². The van der Waals surface area contributed by atoms with Crippen LogP contribution in [0.5, 0.6) is 5.88 Å². The third kappa shape index (κ3) is 4.75. The molecule has 3 heterocycles. The molecule has 1 amide bonds. The number of carbonyl (C=O) groups excluding carboxylic acids is 1. The molecule has 0 aliphatic carbocycles. The number of nitrogens with zero attached hydrogens (tertiary/aromatic N) is 4. The molecule has 2 saturated heterocycles. The SMILES string of the molecule is C[C@H]1C[C@@H](Oc2cnc(N3CCOCC3)cn2)CN1C(=O)OC(C)(C)C. The first-order valence-corrected chi connectivity index (χ1v) is 9.13. The summed E-state index contributed by atoms with van der Waals surface area (Å²) in [6, 6.07) is 0.0652. The Morgan fingerprint density at radius 1 is 1.23 bits per heavy atom. The highest BCUT2D eigenvalue weighted by atomic mass is 16.6. The van der Waals surface area contributed by atoms with E-state index in [1.54, 1.807) is 17.3 Å². The van der Waals surface area contributed by atoms with Crippen molar-refractivity contribution in [3.05, 3.63) is 12.4 Å². The summed E-state index contributed by atoms with van der Waals surface area (Å²) in [6.45, 7) is 11.1. The molecule has 3 rings (SSSR count). The summed E-state index contributed by atoms with van der Waals surface area (Å²) in [5.74, 6) is 1.31. The van der Waals surface area contributed by atoms with Crippen LogP contribution in [0, 0.1) is 0 Å². The van der Waals surface area contributed by atoms with Gasteiger partial charge in [-0.3, -0.25) is 0 Å². The van der Waals surface area contributed by atoms with E-state index in [1.165, 1.54) is 0 Å². The van der Waals surface area contributed by atoms with Gasteiger partial charge in [-0.05, 0) is 27.7 Å². The van der Waals surface area contributed by atoms with E-state index >= 15 is 0 Å². The van der Waals surface area contributed by atoms with Gasteiger partial charge >= 0.3 is 6.09 Å². The second-order valence-electron chi connectivity index (χ2n) is 7.77. The van der Waals surface area contributed by atoms with Crippen molar-refractivity contribution in [2.45, 2.75) is 51.9 Å². The van der Waals surface area contributed by atoms with E-state index in [0.717, 1.165) is 25.3 Å². The Kier molecular flexibility index (Phi) is 5.50. The third-order valence-electron chi connectivity index (χ3n) is 4.40. The minimum Gasteiger partial charge on any atom is -0.471 e. The fourth-order valence-corrected chi connectivity index (χ4v) is 3.14. The van der Waals surface area contributed by atoms with Crippen LogP contribution in [0.2, 0.25) is 0 Å². The zero-order valence-electron chi connectivity index (χ0n) is 16.0. The van der Waals surface area contributed by atoms with Gasteiger partial charge in [-0.25, -0.2) is 14.8 Å². The number of rotatable bonds is 3. The zero-order chi connectivity index (χ0) is 18.7. The van der Waals surface area contributed by atoms with Crippen LogP contribution in [0.3, 0.4) is 0 Å². The highest BCUT2D eigenvalue weighted by Gasteiger charge is 2.36. The molecule has 0 saturated carbocycles. The third-order valence-corrected chi connectivity index (χ3v) is 4.40. The van der Waals surface area contributed by atoms with E-state index in [-0.39, 0.29) is 18.2 Å². The lowest BCUT2D eigenvalue weighted by molar-refractivity contribution is 0.0223. The van der Waals surface area contributed by atoms with Gasteiger partial charge in [-0.2, -0.15) is 0 Å². The van der Waals surface area contributed by atoms with Gasteiger partial charge in [0, 0.05) is 25.6 Å². The average molecular weight is 364 g/mol. The predicted molar refractivity (Wildman–Crippen MR) is 96.5 cm³/mol. The fourth-order valence-electron chi connectivity index (χ4n) is 3.14. The number of carbonyl (C=O) groups is 1. The van der Waals surface area contributed by atoms with Gasteiger partial charge in [0.25, 0.3) is 0 Å². The molecule has 8 nitrogen and oxygen atoms in total. The van der Waals surface area contributed by atoms with Crippen LogP contribution in [-0.4, -0.2) is 71.6 Å². The summed E-state index contributed by atoms with van der Waals surface area (Å²) in [5.41, 5.74) is -0.503. The summed E-state index contributed by atoms with van der Waals surface area (Å²) in [5, 5.41) is 0. The molecule has 1 aromatic rings. The Hall–Kier alpha value is -2.09. The van der Waals surface area contributed by atoms with Gasteiger partial charge in [0.05, 0.1) is 32.2 Å². The normalized spacial score (nSPS) is 23.8. The molecule has 144 valence electrons. The van der Waals surface area contributed by atoms with Crippen molar-refractivity contribution in [3.63, 3.8) is 0 Å². The lowest BCUT2D eigenvalue weighted by Crippen LogP contribution is -2.39. The molecule has 1 aromatic heterocycles. The highest BCUT2D eigenvalue weighted by Crippen LogP contribution is 2.24. The molecule has 0 bridgehead atoms. The van der Waals surface area contributed by atoms with Crippen molar-refractivity contribution in [3.8, 4) is 5.88 Å². The van der Waals surface area contributed by atoms with Crippen LogP contribution in [0.15, 0.2) is 12.4 Å². The first-order valence-electron chi connectivity index (χ1n) is 9.13. The minimum atomic E-state index is -0.503. The number of morpholine rings is 1. The Labute approximate surface area is 154 Å². The maximum Gasteiger partial charge on any atom is 0.410 e. The van der Waals surface area contributed by atoms with Gasteiger partial charge in [0.1, 0.15) is 17.5 Å². The number of hydrogen-bond donors (Lipinski definition) is 0. The van der Waals surface area contributed by atoms with Gasteiger partial charge in [0.15, 0.2) is 0 Å². The second-order valence-corrected chi connectivity index (χ2v) is 7.77. The highest BCUT2D eigenvalue weighted by molar-refractivity contribution is 5.69. The van der Waals surface area contributed by atoms with E-state index < -0.39 is 5.60 Å². The van der Waals surface area contributed by atoms with E-state index in [4.69, 9.17) is 14.2 Å². The minimum absolute atomic E-state index is 0.0652. The average Bonchev–Trinajstić information content (AvgIpc) is 2.95. The van der Waals surface area contributed by atoms with Crippen molar-refractivity contribution in [2.75, 3.05) is 37.7 Å². The van der Waals surface area contributed by atoms with Crippen LogP contribution in [0.4, 0.5) is 10.6 Å². The molecule has 2 aliphatic heterocycles. The molecule has 8 heteroatoms. The molecular weight excluding hydrogens is 336 g/mol. The van der Waals surface area contributed by atoms with E-state index in [0.29, 0.717) is 25.6 Å². The second kappa shape index (κ2) is 7.65. The quantitative estimate of drug-likeness (QED) is 0.813. The van der Waals surface area contributed by atoms with Crippen LogP contribution < -0.4 is 9.64 Å². The van der Waals surface area contributed by atoms with Crippen molar-refractivity contribution in [2.24, 2.45) is 0 Å². The first-order chi connectivity index (χ1) is 12.3. The van der Waals surface area contributed by atoms with E-state index in [9.17, 15) is 4.79 Å². The Balaban J connectivity index is 1.55. The fraction of sp³-hybridized carbons (Fsp3) is 0.722. The predicted octanol–water partition coefficient (Wildman–Crippen LogP) is 2.09. The van der Waals surface area contributed by atoms with Crippen LogP contribution in [0.25, 0.3) is 0 Å². The number of anilines is 1. The Morgan fingerprint density at radius 3 is 2.58 bits per heavy atom. The smallest absolute Gasteiger partial charge is 0.410 e. The largest absolute Gasteiger partial charge is 0.471 e. The zero-order valence-corrected chi connectivity index (χ0v) is 16.0. The standard InChI is InChI=1S/C18H28N4O4/c1-13-9-14(12-22(13)17(23)26-18(2,3)4)25-16-11-19-15(10-20-16)21-5-7-24-8-6-21/h10-11,13-14H,5-9,12H2,1-4H3/t13-,14+/m0/s1. The molecule has 2 aliphatic rings. The van der Waals surface area contributed by atoms with Gasteiger partial charge in [0.2, 0.25) is 5.88 Å². The van der Waals surface area contributed by atoms with Gasteiger partial charge in [-0.15, -0.1) is 0 Å². The number of aromatic nitrogens is 2. The Morgan fingerprint density at radius 2 is 1.96 bits per heavy atom. The summed E-state index contributed by atoms with van der Waals surface area (Å²) >= 11 is 0. The summed E-state index contributed by atoms with van der Waals surface area (Å²) in [7, 11) is 0. The molecule has 2 atom stereocenters. The number of amides is 1. The van der Waals surface area contributed by atoms with Crippen molar-refractivity contribution in [1.29, 1.82) is 0 Å².